The van der Waals surface area contributed by atoms with Crippen molar-refractivity contribution in [1.82, 2.24) is 24.7 Å². The van der Waals surface area contributed by atoms with Gasteiger partial charge in [0, 0.05) is 6.07 Å². The molecule has 1 N–H and O–H groups in total. The average Bonchev–Trinajstić information content (AvgIpc) is 2.65. The second-order valence-electron chi connectivity index (χ2n) is 5.88. The van der Waals surface area contributed by atoms with E-state index in [0.717, 1.165) is 10.4 Å². The van der Waals surface area contributed by atoms with Gasteiger partial charge in [0.25, 0.3) is 5.56 Å². The summed E-state index contributed by atoms with van der Waals surface area (Å²) in [5, 5.41) is 3.88. The van der Waals surface area contributed by atoms with E-state index in [-0.39, 0.29) is 33.3 Å². The molecule has 28 heavy (non-hydrogen) atoms. The predicted molar refractivity (Wildman–Crippen MR) is 103 cm³/mol. The van der Waals surface area contributed by atoms with E-state index in [1.165, 1.54) is 18.5 Å². The van der Waals surface area contributed by atoms with Crippen molar-refractivity contribution >= 4 is 29.0 Å². The molecule has 0 aliphatic heterocycles. The van der Waals surface area contributed by atoms with Gasteiger partial charge in [-0.05, 0) is 23.1 Å². The molecule has 3 rings (SSSR count). The van der Waals surface area contributed by atoms with Gasteiger partial charge in [-0.1, -0.05) is 43.6 Å². The maximum absolute atomic E-state index is 12.0. The Balaban J connectivity index is 2.03. The van der Waals surface area contributed by atoms with Gasteiger partial charge in [-0.2, -0.15) is 0 Å². The number of nitrogens with zero attached hydrogens (tertiary/aromatic N) is 5. The Bertz CT molecular complexity index is 1190. The van der Waals surface area contributed by atoms with Gasteiger partial charge in [-0.3, -0.25) is 9.78 Å². The Morgan fingerprint density at radius 2 is 1.86 bits per heavy atom. The molecule has 0 spiro atoms. The standard InChI is InChI=1S/C17H12Cl2N6O3/c1-8(2)12-6-13(22-7-21-12)28-14-10(18)4-9(5-11(14)19)25-17(27)23-16(26)15(20-3)24-25/h4-8H,1-2H3,(H,23,26,27). The minimum absolute atomic E-state index is 0.0801. The van der Waals surface area contributed by atoms with Gasteiger partial charge in [-0.15, -0.1) is 4.68 Å². The van der Waals surface area contributed by atoms with Gasteiger partial charge in [0.2, 0.25) is 5.88 Å². The predicted octanol–water partition coefficient (Wildman–Crippen LogP) is 3.48. The smallest absolute Gasteiger partial charge is 0.365 e. The fourth-order valence-electron chi connectivity index (χ4n) is 2.24. The molecular weight excluding hydrogens is 407 g/mol. The summed E-state index contributed by atoms with van der Waals surface area (Å²) in [4.78, 5) is 36.7. The molecule has 0 aliphatic rings. The fraction of sp³-hybridized carbons (Fsp3) is 0.176. The van der Waals surface area contributed by atoms with E-state index in [4.69, 9.17) is 34.5 Å². The molecule has 0 saturated carbocycles. The number of rotatable bonds is 4. The molecule has 0 amide bonds. The molecule has 142 valence electrons. The van der Waals surface area contributed by atoms with Crippen LogP contribution in [0.1, 0.15) is 25.5 Å². The quantitative estimate of drug-likeness (QED) is 0.649. The largest absolute Gasteiger partial charge is 0.436 e. The van der Waals surface area contributed by atoms with Crippen LogP contribution in [-0.2, 0) is 0 Å². The fourth-order valence-corrected chi connectivity index (χ4v) is 2.79. The van der Waals surface area contributed by atoms with Crippen LogP contribution in [0.5, 0.6) is 11.6 Å². The zero-order valence-electron chi connectivity index (χ0n) is 14.6. The monoisotopic (exact) mass is 418 g/mol. The number of aromatic nitrogens is 5. The van der Waals surface area contributed by atoms with Gasteiger partial charge in [0.05, 0.1) is 21.4 Å². The Morgan fingerprint density at radius 3 is 2.46 bits per heavy atom. The highest BCUT2D eigenvalue weighted by Crippen LogP contribution is 2.37. The molecule has 0 atom stereocenters. The van der Waals surface area contributed by atoms with E-state index < -0.39 is 17.1 Å². The molecule has 0 aliphatic carbocycles. The van der Waals surface area contributed by atoms with Crippen molar-refractivity contribution in [3.05, 3.63) is 72.5 Å². The van der Waals surface area contributed by atoms with Crippen LogP contribution in [0.25, 0.3) is 10.5 Å². The summed E-state index contributed by atoms with van der Waals surface area (Å²) >= 11 is 12.5. The van der Waals surface area contributed by atoms with Crippen LogP contribution in [0.15, 0.2) is 34.1 Å². The number of benzene rings is 1. The van der Waals surface area contributed by atoms with E-state index in [9.17, 15) is 9.59 Å². The van der Waals surface area contributed by atoms with Crippen LogP contribution in [-0.4, -0.2) is 24.7 Å². The first-order valence-electron chi connectivity index (χ1n) is 7.90. The third-order valence-electron chi connectivity index (χ3n) is 3.61. The molecule has 0 unspecified atom stereocenters. The van der Waals surface area contributed by atoms with Crippen LogP contribution < -0.4 is 16.0 Å². The zero-order chi connectivity index (χ0) is 20.4. The zero-order valence-corrected chi connectivity index (χ0v) is 16.1. The highest BCUT2D eigenvalue weighted by molar-refractivity contribution is 6.37. The average molecular weight is 419 g/mol. The van der Waals surface area contributed by atoms with Crippen molar-refractivity contribution in [2.75, 3.05) is 0 Å². The third-order valence-corrected chi connectivity index (χ3v) is 4.17. The third kappa shape index (κ3) is 3.88. The van der Waals surface area contributed by atoms with Crippen molar-refractivity contribution < 1.29 is 4.74 Å². The number of hydrogen-bond donors (Lipinski definition) is 1. The molecule has 0 fully saturated rings. The lowest BCUT2D eigenvalue weighted by atomic mass is 10.1. The van der Waals surface area contributed by atoms with E-state index in [0.29, 0.717) is 0 Å². The number of ether oxygens (including phenoxy) is 1. The van der Waals surface area contributed by atoms with Crippen LogP contribution >= 0.6 is 23.2 Å². The van der Waals surface area contributed by atoms with Gasteiger partial charge in [0.15, 0.2) is 5.75 Å². The first-order chi connectivity index (χ1) is 13.3. The van der Waals surface area contributed by atoms with Crippen LogP contribution in [0.4, 0.5) is 5.82 Å². The molecule has 1 aromatic carbocycles. The maximum Gasteiger partial charge on any atom is 0.365 e. The minimum Gasteiger partial charge on any atom is -0.436 e. The maximum atomic E-state index is 12.0. The summed E-state index contributed by atoms with van der Waals surface area (Å²) in [6.07, 6.45) is 1.37. The second-order valence-corrected chi connectivity index (χ2v) is 6.70. The van der Waals surface area contributed by atoms with E-state index in [1.54, 1.807) is 6.07 Å². The lowest BCUT2D eigenvalue weighted by molar-refractivity contribution is 0.459. The van der Waals surface area contributed by atoms with Crippen molar-refractivity contribution in [1.29, 1.82) is 0 Å². The topological polar surface area (TPSA) is 107 Å². The van der Waals surface area contributed by atoms with Crippen LogP contribution in [0.2, 0.25) is 10.0 Å². The summed E-state index contributed by atoms with van der Waals surface area (Å²) in [6.45, 7) is 10.9. The highest BCUT2D eigenvalue weighted by Gasteiger charge is 2.17. The number of nitrogens with one attached hydrogen (secondary N) is 1. The molecule has 2 aromatic heterocycles. The first kappa shape index (κ1) is 19.5. The Kier molecular flexibility index (Phi) is 5.44. The van der Waals surface area contributed by atoms with Gasteiger partial charge in [-0.25, -0.2) is 14.8 Å². The van der Waals surface area contributed by atoms with Crippen molar-refractivity contribution in [3.63, 3.8) is 0 Å². The van der Waals surface area contributed by atoms with Crippen molar-refractivity contribution in [2.24, 2.45) is 0 Å². The summed E-state index contributed by atoms with van der Waals surface area (Å²) in [5.74, 6) is 0.0658. The molecule has 3 aromatic rings. The van der Waals surface area contributed by atoms with Crippen LogP contribution in [0, 0.1) is 6.57 Å². The normalized spacial score (nSPS) is 10.7. The van der Waals surface area contributed by atoms with Gasteiger partial charge in [0.1, 0.15) is 6.33 Å². The molecular formula is C17H12Cl2N6O3. The molecule has 9 nitrogen and oxygen atoms in total. The van der Waals surface area contributed by atoms with E-state index >= 15 is 0 Å². The SMILES string of the molecule is [C-]#[N+]c1nn(-c2cc(Cl)c(Oc3cc(C(C)C)ncn3)c(Cl)c2)c(=O)[nH]c1=O. The molecule has 0 radical (unpaired) electrons. The Morgan fingerprint density at radius 1 is 1.18 bits per heavy atom. The first-order valence-corrected chi connectivity index (χ1v) is 8.66. The number of aromatic amines is 1. The van der Waals surface area contributed by atoms with Gasteiger partial charge < -0.3 is 9.58 Å². The van der Waals surface area contributed by atoms with Crippen molar-refractivity contribution in [3.8, 4) is 17.3 Å². The Hall–Kier alpha value is -3.22. The number of halogens is 2. The summed E-state index contributed by atoms with van der Waals surface area (Å²) in [7, 11) is 0. The second kappa shape index (κ2) is 7.80. The van der Waals surface area contributed by atoms with Crippen molar-refractivity contribution in [2.45, 2.75) is 19.8 Å². The minimum atomic E-state index is -0.877. The molecule has 2 heterocycles. The van der Waals surface area contributed by atoms with E-state index in [2.05, 4.69) is 19.9 Å². The lowest BCUT2D eigenvalue weighted by Gasteiger charge is -2.11. The van der Waals surface area contributed by atoms with Gasteiger partial charge >= 0.3 is 11.5 Å². The molecule has 0 saturated heterocycles. The lowest BCUT2D eigenvalue weighted by Crippen LogP contribution is -2.30. The summed E-state index contributed by atoms with van der Waals surface area (Å²) < 4.78 is 6.50. The van der Waals surface area contributed by atoms with E-state index in [1.807, 2.05) is 18.8 Å². The number of hydrogen-bond acceptors (Lipinski definition) is 6. The summed E-state index contributed by atoms with van der Waals surface area (Å²) in [5.41, 5.74) is -0.780. The Labute approximate surface area is 168 Å². The summed E-state index contributed by atoms with van der Waals surface area (Å²) in [6, 6.07) is 4.41. The number of H-pyrrole nitrogens is 1. The molecule has 11 heteroatoms. The highest BCUT2D eigenvalue weighted by atomic mass is 35.5. The molecule has 0 bridgehead atoms. The van der Waals surface area contributed by atoms with Crippen LogP contribution in [0.3, 0.4) is 0 Å².